The zero-order valence-corrected chi connectivity index (χ0v) is 11.4. The molecule has 0 aromatic heterocycles. The van der Waals surface area contributed by atoms with Gasteiger partial charge in [-0.15, -0.1) is 0 Å². The topological polar surface area (TPSA) is 49.6 Å². The van der Waals surface area contributed by atoms with Crippen molar-refractivity contribution in [3.05, 3.63) is 0 Å². The van der Waals surface area contributed by atoms with Crippen LogP contribution in [0.25, 0.3) is 0 Å². The second kappa shape index (κ2) is 4.00. The summed E-state index contributed by atoms with van der Waals surface area (Å²) in [5, 5.41) is 0. The third-order valence-corrected chi connectivity index (χ3v) is 3.17. The van der Waals surface area contributed by atoms with Gasteiger partial charge in [-0.05, 0) is 41.7 Å². The molecule has 0 radical (unpaired) electrons. The van der Waals surface area contributed by atoms with Crippen molar-refractivity contribution in [1.29, 1.82) is 0 Å². The van der Waals surface area contributed by atoms with Gasteiger partial charge in [-0.2, -0.15) is 0 Å². The molecule has 1 unspecified atom stereocenters. The summed E-state index contributed by atoms with van der Waals surface area (Å²) in [6, 6.07) is -0.174. The minimum Gasteiger partial charge on any atom is -0.330 e. The molecular formula is C12H25N3O. The molecule has 2 N–H and O–H groups in total. The number of piperazine rings is 1. The van der Waals surface area contributed by atoms with E-state index in [2.05, 4.69) is 39.5 Å². The van der Waals surface area contributed by atoms with Gasteiger partial charge in [-0.1, -0.05) is 0 Å². The van der Waals surface area contributed by atoms with E-state index in [1.807, 2.05) is 11.9 Å². The second-order valence-corrected chi connectivity index (χ2v) is 6.32. The van der Waals surface area contributed by atoms with Crippen molar-refractivity contribution in [3.63, 3.8) is 0 Å². The number of amides is 1. The van der Waals surface area contributed by atoms with Gasteiger partial charge in [0, 0.05) is 18.6 Å². The van der Waals surface area contributed by atoms with Gasteiger partial charge in [0.15, 0.2) is 0 Å². The lowest BCUT2D eigenvalue weighted by Crippen LogP contribution is -2.71. The van der Waals surface area contributed by atoms with Gasteiger partial charge < -0.3 is 10.6 Å². The van der Waals surface area contributed by atoms with E-state index in [1.165, 1.54) is 0 Å². The van der Waals surface area contributed by atoms with Crippen LogP contribution < -0.4 is 5.73 Å². The molecule has 1 fully saturated rings. The normalized spacial score (nSPS) is 27.3. The highest BCUT2D eigenvalue weighted by Crippen LogP contribution is 2.31. The first-order chi connectivity index (χ1) is 7.11. The number of nitrogens with two attached hydrogens (primary N) is 1. The zero-order valence-electron chi connectivity index (χ0n) is 11.4. The fourth-order valence-corrected chi connectivity index (χ4v) is 2.95. The molecule has 4 heteroatoms. The van der Waals surface area contributed by atoms with Crippen molar-refractivity contribution in [1.82, 2.24) is 9.80 Å². The number of rotatable bonds is 1. The molecule has 1 aliphatic heterocycles. The van der Waals surface area contributed by atoms with Gasteiger partial charge >= 0.3 is 0 Å². The quantitative estimate of drug-likeness (QED) is 0.716. The molecule has 1 heterocycles. The van der Waals surface area contributed by atoms with E-state index < -0.39 is 0 Å². The Balaban J connectivity index is 3.09. The Labute approximate surface area is 98.8 Å². The average Bonchev–Trinajstić information content (AvgIpc) is 1.97. The summed E-state index contributed by atoms with van der Waals surface area (Å²) in [4.78, 5) is 16.5. The fourth-order valence-electron chi connectivity index (χ4n) is 2.95. The molecule has 1 amide bonds. The number of likely N-dealkylation sites (N-methyl/N-ethyl adjacent to an activating group) is 1. The van der Waals surface area contributed by atoms with Crippen LogP contribution in [0.3, 0.4) is 0 Å². The maximum Gasteiger partial charge on any atom is 0.242 e. The number of hydrogen-bond donors (Lipinski definition) is 1. The Morgan fingerprint density at radius 3 is 2.31 bits per heavy atom. The molecule has 0 aromatic carbocycles. The third kappa shape index (κ3) is 2.23. The Morgan fingerprint density at radius 1 is 1.44 bits per heavy atom. The first-order valence-electron chi connectivity index (χ1n) is 5.86. The maximum absolute atomic E-state index is 12.4. The Bertz CT molecular complexity index is 280. The standard InChI is InChI=1S/C12H25N3O/c1-11(2,3)15-10(16)9(7-13)14(6)8-12(15,4)5/h9H,7-8,13H2,1-6H3. The zero-order chi connectivity index (χ0) is 12.7. The van der Waals surface area contributed by atoms with Crippen LogP contribution in [0.1, 0.15) is 34.6 Å². The fraction of sp³-hybridized carbons (Fsp3) is 0.917. The molecule has 0 saturated carbocycles. The van der Waals surface area contributed by atoms with Crippen molar-refractivity contribution in [2.24, 2.45) is 5.73 Å². The molecule has 1 atom stereocenters. The number of nitrogens with zero attached hydrogens (tertiary/aromatic N) is 2. The molecule has 0 spiro atoms. The number of hydrogen-bond acceptors (Lipinski definition) is 3. The van der Waals surface area contributed by atoms with Crippen LogP contribution in [-0.2, 0) is 4.79 Å². The van der Waals surface area contributed by atoms with Crippen LogP contribution in [0.4, 0.5) is 0 Å². The van der Waals surface area contributed by atoms with Crippen molar-refractivity contribution in [2.75, 3.05) is 20.1 Å². The lowest BCUT2D eigenvalue weighted by Gasteiger charge is -2.54. The molecule has 1 rings (SSSR count). The van der Waals surface area contributed by atoms with Crippen LogP contribution in [0, 0.1) is 0 Å². The predicted molar refractivity (Wildman–Crippen MR) is 66.2 cm³/mol. The molecule has 16 heavy (non-hydrogen) atoms. The lowest BCUT2D eigenvalue weighted by atomic mass is 9.89. The molecular weight excluding hydrogens is 202 g/mol. The third-order valence-electron chi connectivity index (χ3n) is 3.17. The Morgan fingerprint density at radius 2 is 1.94 bits per heavy atom. The molecule has 1 saturated heterocycles. The van der Waals surface area contributed by atoms with E-state index in [4.69, 9.17) is 5.73 Å². The average molecular weight is 227 g/mol. The molecule has 94 valence electrons. The van der Waals surface area contributed by atoms with Gasteiger partial charge in [-0.25, -0.2) is 0 Å². The summed E-state index contributed by atoms with van der Waals surface area (Å²) < 4.78 is 0. The van der Waals surface area contributed by atoms with Crippen LogP contribution in [0.2, 0.25) is 0 Å². The Kier molecular flexibility index (Phi) is 3.37. The van der Waals surface area contributed by atoms with Gasteiger partial charge in [0.1, 0.15) is 6.04 Å². The van der Waals surface area contributed by atoms with E-state index in [9.17, 15) is 4.79 Å². The highest BCUT2D eigenvalue weighted by molar-refractivity contribution is 5.84. The van der Waals surface area contributed by atoms with Crippen molar-refractivity contribution < 1.29 is 4.79 Å². The van der Waals surface area contributed by atoms with E-state index in [-0.39, 0.29) is 23.0 Å². The van der Waals surface area contributed by atoms with Crippen LogP contribution >= 0.6 is 0 Å². The van der Waals surface area contributed by atoms with E-state index in [0.717, 1.165) is 6.54 Å². The van der Waals surface area contributed by atoms with Gasteiger partial charge in [0.25, 0.3) is 0 Å². The highest BCUT2D eigenvalue weighted by Gasteiger charge is 2.47. The minimum atomic E-state index is -0.174. The van der Waals surface area contributed by atoms with Crippen molar-refractivity contribution in [3.8, 4) is 0 Å². The largest absolute Gasteiger partial charge is 0.330 e. The highest BCUT2D eigenvalue weighted by atomic mass is 16.2. The van der Waals surface area contributed by atoms with Crippen LogP contribution in [0.5, 0.6) is 0 Å². The first kappa shape index (κ1) is 13.5. The van der Waals surface area contributed by atoms with Crippen molar-refractivity contribution >= 4 is 5.91 Å². The Hall–Kier alpha value is -0.610. The molecule has 4 nitrogen and oxygen atoms in total. The lowest BCUT2D eigenvalue weighted by molar-refractivity contribution is -0.158. The van der Waals surface area contributed by atoms with Crippen LogP contribution in [0.15, 0.2) is 0 Å². The monoisotopic (exact) mass is 227 g/mol. The predicted octanol–water partition coefficient (Wildman–Crippen LogP) is 0.665. The minimum absolute atomic E-state index is 0.143. The van der Waals surface area contributed by atoms with Crippen LogP contribution in [-0.4, -0.2) is 53.0 Å². The summed E-state index contributed by atoms with van der Waals surface area (Å²) in [6.45, 7) is 11.7. The summed E-state index contributed by atoms with van der Waals surface area (Å²) in [7, 11) is 1.97. The summed E-state index contributed by atoms with van der Waals surface area (Å²) in [6.07, 6.45) is 0. The summed E-state index contributed by atoms with van der Waals surface area (Å²) in [5.74, 6) is 0.147. The van der Waals surface area contributed by atoms with Gasteiger partial charge in [-0.3, -0.25) is 9.69 Å². The summed E-state index contributed by atoms with van der Waals surface area (Å²) >= 11 is 0. The molecule has 1 aliphatic rings. The van der Waals surface area contributed by atoms with Gasteiger partial charge in [0.05, 0.1) is 5.54 Å². The van der Waals surface area contributed by atoms with Gasteiger partial charge in [0.2, 0.25) is 5.91 Å². The number of carbonyl (C=O) groups excluding carboxylic acids is 1. The molecule has 0 bridgehead atoms. The molecule has 0 aromatic rings. The molecule has 0 aliphatic carbocycles. The number of carbonyl (C=O) groups is 1. The second-order valence-electron chi connectivity index (χ2n) is 6.32. The van der Waals surface area contributed by atoms with E-state index in [0.29, 0.717) is 6.54 Å². The van der Waals surface area contributed by atoms with E-state index >= 15 is 0 Å². The maximum atomic E-state index is 12.4. The summed E-state index contributed by atoms with van der Waals surface area (Å²) in [5.41, 5.74) is 5.39. The van der Waals surface area contributed by atoms with E-state index in [1.54, 1.807) is 0 Å². The smallest absolute Gasteiger partial charge is 0.242 e. The van der Waals surface area contributed by atoms with Crippen molar-refractivity contribution in [2.45, 2.75) is 51.7 Å². The SMILES string of the molecule is CN1CC(C)(C)N(C(C)(C)C)C(=O)C1CN. The first-order valence-corrected chi connectivity index (χ1v) is 5.86.